The summed E-state index contributed by atoms with van der Waals surface area (Å²) in [4.78, 5) is 22.4. The highest BCUT2D eigenvalue weighted by atomic mass is 16.5. The highest BCUT2D eigenvalue weighted by molar-refractivity contribution is 5.86. The van der Waals surface area contributed by atoms with Gasteiger partial charge in [0.25, 0.3) is 0 Å². The molecule has 6 nitrogen and oxygen atoms in total. The van der Waals surface area contributed by atoms with Crippen LogP contribution in [0.5, 0.6) is 11.5 Å². The Labute approximate surface area is 227 Å². The van der Waals surface area contributed by atoms with Crippen LogP contribution in [-0.4, -0.2) is 35.4 Å². The fourth-order valence-electron chi connectivity index (χ4n) is 5.21. The normalized spacial score (nSPS) is 14.5. The molecule has 4 aromatic carbocycles. The largest absolute Gasteiger partial charge is 0.493 e. The number of fused-ring (bicyclic) bond motifs is 3. The smallest absolute Gasteiger partial charge is 0.309 e. The summed E-state index contributed by atoms with van der Waals surface area (Å²) in [5.41, 5.74) is 6.14. The molecule has 1 aliphatic carbocycles. The number of hydrogen-bond acceptors (Lipinski definition) is 4. The lowest BCUT2D eigenvalue weighted by molar-refractivity contribution is -0.143. The van der Waals surface area contributed by atoms with Gasteiger partial charge < -0.3 is 19.7 Å². The third kappa shape index (κ3) is 4.74. The minimum atomic E-state index is -0.894. The second kappa shape index (κ2) is 10.7. The van der Waals surface area contributed by atoms with E-state index >= 15 is 0 Å². The summed E-state index contributed by atoms with van der Waals surface area (Å²) in [6.07, 6.45) is 0. The van der Waals surface area contributed by atoms with Crippen molar-refractivity contribution in [2.45, 2.75) is 19.3 Å². The number of ether oxygens (including phenoxy) is 2. The molecule has 0 amide bonds. The van der Waals surface area contributed by atoms with Gasteiger partial charge in [-0.3, -0.25) is 9.59 Å². The van der Waals surface area contributed by atoms with Crippen LogP contribution in [-0.2, 0) is 15.0 Å². The molecule has 0 aromatic heterocycles. The van der Waals surface area contributed by atoms with Crippen LogP contribution < -0.4 is 9.47 Å². The van der Waals surface area contributed by atoms with E-state index in [4.69, 9.17) is 9.47 Å². The quantitative estimate of drug-likeness (QED) is 0.225. The summed E-state index contributed by atoms with van der Waals surface area (Å²) in [5.74, 6) is -1.78. The first-order valence-corrected chi connectivity index (χ1v) is 12.9. The zero-order valence-electron chi connectivity index (χ0n) is 21.8. The van der Waals surface area contributed by atoms with Crippen LogP contribution in [0, 0.1) is 11.8 Å². The molecule has 0 heterocycles. The number of rotatable bonds is 10. The molecule has 6 heteroatoms. The standard InChI is InChI=1S/C33H30O6/c1-21(31(34)35)19-38-25-15-11-23(12-16-25)33(24-13-17-26(18-14-24)39-20-22(2)32(36)37)29-9-5-3-7-27(29)28-8-4-6-10-30(28)33/h3-18,21-22H,19-20H2,1-2H3,(H,34,35)(H,36,37). The monoisotopic (exact) mass is 522 g/mol. The molecule has 198 valence electrons. The molecule has 0 saturated carbocycles. The molecule has 0 radical (unpaired) electrons. The van der Waals surface area contributed by atoms with Crippen LogP contribution in [0.2, 0.25) is 0 Å². The van der Waals surface area contributed by atoms with Crippen molar-refractivity contribution in [1.82, 2.24) is 0 Å². The maximum absolute atomic E-state index is 11.2. The van der Waals surface area contributed by atoms with Gasteiger partial charge in [0.15, 0.2) is 0 Å². The number of aliphatic carboxylic acids is 2. The molecule has 0 aliphatic heterocycles. The van der Waals surface area contributed by atoms with Crippen molar-refractivity contribution in [2.24, 2.45) is 11.8 Å². The van der Waals surface area contributed by atoms with Gasteiger partial charge in [-0.25, -0.2) is 0 Å². The molecule has 1 aliphatic rings. The van der Waals surface area contributed by atoms with E-state index in [1.807, 2.05) is 60.7 Å². The summed E-state index contributed by atoms with van der Waals surface area (Å²) in [6, 6.07) is 32.5. The molecular formula is C33H30O6. The van der Waals surface area contributed by atoms with Crippen molar-refractivity contribution in [3.8, 4) is 22.6 Å². The summed E-state index contributed by atoms with van der Waals surface area (Å²) < 4.78 is 11.5. The van der Waals surface area contributed by atoms with Gasteiger partial charge in [0.2, 0.25) is 0 Å². The zero-order chi connectivity index (χ0) is 27.6. The van der Waals surface area contributed by atoms with E-state index in [0.717, 1.165) is 22.3 Å². The Morgan fingerprint density at radius 3 is 1.33 bits per heavy atom. The lowest BCUT2D eigenvalue weighted by Gasteiger charge is -2.34. The molecule has 2 unspecified atom stereocenters. The van der Waals surface area contributed by atoms with Crippen LogP contribution in [0.15, 0.2) is 97.1 Å². The Bertz CT molecular complexity index is 1370. The van der Waals surface area contributed by atoms with E-state index in [-0.39, 0.29) is 13.2 Å². The van der Waals surface area contributed by atoms with Gasteiger partial charge in [-0.05, 0) is 71.5 Å². The lowest BCUT2D eigenvalue weighted by Crippen LogP contribution is -2.28. The van der Waals surface area contributed by atoms with Gasteiger partial charge in [-0.2, -0.15) is 0 Å². The molecule has 0 saturated heterocycles. The predicted molar refractivity (Wildman–Crippen MR) is 148 cm³/mol. The van der Waals surface area contributed by atoms with Crippen LogP contribution in [0.25, 0.3) is 11.1 Å². The SMILES string of the molecule is CC(COc1ccc(C2(c3ccc(OCC(C)C(=O)O)cc3)c3ccccc3-c3ccccc32)cc1)C(=O)O. The van der Waals surface area contributed by atoms with Crippen molar-refractivity contribution >= 4 is 11.9 Å². The average molecular weight is 523 g/mol. The molecule has 2 N–H and O–H groups in total. The summed E-state index contributed by atoms with van der Waals surface area (Å²) >= 11 is 0. The van der Waals surface area contributed by atoms with Gasteiger partial charge in [0.05, 0.1) is 17.3 Å². The minimum absolute atomic E-state index is 0.0907. The van der Waals surface area contributed by atoms with Crippen LogP contribution in [0.4, 0.5) is 0 Å². The fraction of sp³-hybridized carbons (Fsp3) is 0.212. The summed E-state index contributed by atoms with van der Waals surface area (Å²) in [6.45, 7) is 3.42. The van der Waals surface area contributed by atoms with Crippen molar-refractivity contribution < 1.29 is 29.3 Å². The number of carboxylic acids is 2. The Hall–Kier alpha value is -4.58. The first-order chi connectivity index (χ1) is 18.8. The number of hydrogen-bond donors (Lipinski definition) is 2. The van der Waals surface area contributed by atoms with Crippen LogP contribution >= 0.6 is 0 Å². The summed E-state index contributed by atoms with van der Waals surface area (Å²) in [5, 5.41) is 18.4. The summed E-state index contributed by atoms with van der Waals surface area (Å²) in [7, 11) is 0. The lowest BCUT2D eigenvalue weighted by atomic mass is 9.68. The molecule has 0 bridgehead atoms. The van der Waals surface area contributed by atoms with Gasteiger partial charge in [0, 0.05) is 0 Å². The van der Waals surface area contributed by atoms with Crippen molar-refractivity contribution in [1.29, 1.82) is 0 Å². The van der Waals surface area contributed by atoms with Crippen molar-refractivity contribution in [2.75, 3.05) is 13.2 Å². The van der Waals surface area contributed by atoms with E-state index in [2.05, 4.69) is 36.4 Å². The Morgan fingerprint density at radius 2 is 0.974 bits per heavy atom. The fourth-order valence-corrected chi connectivity index (χ4v) is 5.21. The zero-order valence-corrected chi connectivity index (χ0v) is 21.8. The number of carboxylic acid groups (broad SMARTS) is 2. The van der Waals surface area contributed by atoms with Gasteiger partial charge >= 0.3 is 11.9 Å². The predicted octanol–water partition coefficient (Wildman–Crippen LogP) is 6.25. The number of benzene rings is 4. The number of carbonyl (C=O) groups is 2. The Kier molecular flexibility index (Phi) is 7.11. The molecule has 0 fully saturated rings. The highest BCUT2D eigenvalue weighted by Gasteiger charge is 2.45. The minimum Gasteiger partial charge on any atom is -0.493 e. The maximum atomic E-state index is 11.2. The van der Waals surface area contributed by atoms with E-state index < -0.39 is 29.2 Å². The first-order valence-electron chi connectivity index (χ1n) is 12.9. The van der Waals surface area contributed by atoms with Gasteiger partial charge in [0.1, 0.15) is 24.7 Å². The van der Waals surface area contributed by atoms with Crippen molar-refractivity contribution in [3.63, 3.8) is 0 Å². The van der Waals surface area contributed by atoms with Crippen LogP contribution in [0.1, 0.15) is 36.1 Å². The Balaban J connectivity index is 1.59. The van der Waals surface area contributed by atoms with E-state index in [0.29, 0.717) is 11.5 Å². The first kappa shape index (κ1) is 26.0. The average Bonchev–Trinajstić information content (AvgIpc) is 3.26. The van der Waals surface area contributed by atoms with E-state index in [1.165, 1.54) is 11.1 Å². The topological polar surface area (TPSA) is 93.1 Å². The second-order valence-electron chi connectivity index (χ2n) is 9.99. The maximum Gasteiger partial charge on any atom is 0.309 e. The second-order valence-corrected chi connectivity index (χ2v) is 9.99. The highest BCUT2D eigenvalue weighted by Crippen LogP contribution is 2.56. The molecular weight excluding hydrogens is 492 g/mol. The molecule has 5 rings (SSSR count). The Morgan fingerprint density at radius 1 is 0.615 bits per heavy atom. The third-order valence-electron chi connectivity index (χ3n) is 7.37. The van der Waals surface area contributed by atoms with E-state index in [9.17, 15) is 19.8 Å². The van der Waals surface area contributed by atoms with Crippen molar-refractivity contribution in [3.05, 3.63) is 119 Å². The molecule has 0 spiro atoms. The molecule has 4 aromatic rings. The molecule has 39 heavy (non-hydrogen) atoms. The van der Waals surface area contributed by atoms with Crippen LogP contribution in [0.3, 0.4) is 0 Å². The molecule has 2 atom stereocenters. The third-order valence-corrected chi connectivity index (χ3v) is 7.37. The van der Waals surface area contributed by atoms with Gasteiger partial charge in [-0.1, -0.05) is 72.8 Å². The van der Waals surface area contributed by atoms with E-state index in [1.54, 1.807) is 13.8 Å². The van der Waals surface area contributed by atoms with Gasteiger partial charge in [-0.15, -0.1) is 0 Å².